The number of hydrogen-bond acceptors (Lipinski definition) is 3. The van der Waals surface area contributed by atoms with Gasteiger partial charge in [0.2, 0.25) is 0 Å². The number of rotatable bonds is 3. The summed E-state index contributed by atoms with van der Waals surface area (Å²) in [6.45, 7) is 1.08. The molecule has 1 aromatic carbocycles. The van der Waals surface area contributed by atoms with E-state index in [2.05, 4.69) is 0 Å². The van der Waals surface area contributed by atoms with Crippen molar-refractivity contribution in [1.29, 1.82) is 0 Å². The van der Waals surface area contributed by atoms with Gasteiger partial charge >= 0.3 is 6.18 Å². The van der Waals surface area contributed by atoms with E-state index in [4.69, 9.17) is 15.0 Å². The molecule has 1 atom stereocenters. The minimum Gasteiger partial charge on any atom is -0.481 e. The standard InChI is InChI=1S/C10H9F3O2.C2H4O2/c11-10(12,13)9(15)6-8(14)7-4-2-1-3-5-7;1-2(3)4/h1-5,9,15H,6H2;1H3,(H,3,4). The molecule has 0 radical (unpaired) electrons. The van der Waals surface area contributed by atoms with Crippen LogP contribution in [0, 0.1) is 0 Å². The Bertz CT molecular complexity index is 411. The SMILES string of the molecule is CC(=O)O.O=C(CC(O)C(F)(F)F)c1ccccc1. The third-order valence-electron chi connectivity index (χ3n) is 1.85. The summed E-state index contributed by atoms with van der Waals surface area (Å²) in [6, 6.07) is 7.56. The van der Waals surface area contributed by atoms with Gasteiger partial charge in [0.25, 0.3) is 5.97 Å². The number of hydrogen-bond donors (Lipinski definition) is 2. The molecular weight excluding hydrogens is 265 g/mol. The van der Waals surface area contributed by atoms with E-state index in [0.717, 1.165) is 6.92 Å². The van der Waals surface area contributed by atoms with Crippen LogP contribution in [0.4, 0.5) is 13.2 Å². The molecule has 0 fully saturated rings. The van der Waals surface area contributed by atoms with Crippen LogP contribution in [-0.4, -0.2) is 34.2 Å². The van der Waals surface area contributed by atoms with Gasteiger partial charge in [0.15, 0.2) is 11.9 Å². The number of carboxylic acids is 1. The largest absolute Gasteiger partial charge is 0.481 e. The van der Waals surface area contributed by atoms with Gasteiger partial charge in [-0.15, -0.1) is 0 Å². The van der Waals surface area contributed by atoms with E-state index in [9.17, 15) is 18.0 Å². The van der Waals surface area contributed by atoms with Gasteiger partial charge in [-0.3, -0.25) is 9.59 Å². The van der Waals surface area contributed by atoms with Gasteiger partial charge < -0.3 is 10.2 Å². The Hall–Kier alpha value is -1.89. The maximum Gasteiger partial charge on any atom is 0.414 e. The lowest BCUT2D eigenvalue weighted by Crippen LogP contribution is -2.30. The molecule has 2 N–H and O–H groups in total. The van der Waals surface area contributed by atoms with Crippen LogP contribution in [0.15, 0.2) is 30.3 Å². The van der Waals surface area contributed by atoms with Crippen LogP contribution < -0.4 is 0 Å². The first-order valence-corrected chi connectivity index (χ1v) is 5.17. The Morgan fingerprint density at radius 2 is 1.63 bits per heavy atom. The molecule has 0 aliphatic rings. The summed E-state index contributed by atoms with van der Waals surface area (Å²) in [6.07, 6.45) is -8.27. The number of carbonyl (C=O) groups excluding carboxylic acids is 1. The summed E-state index contributed by atoms with van der Waals surface area (Å²) in [5, 5.41) is 16.1. The molecule has 0 aromatic heterocycles. The number of aliphatic hydroxyl groups excluding tert-OH is 1. The predicted octanol–water partition coefficient (Wildman–Crippen LogP) is 2.27. The second-order valence-corrected chi connectivity index (χ2v) is 3.57. The van der Waals surface area contributed by atoms with Crippen LogP contribution in [0.3, 0.4) is 0 Å². The molecule has 106 valence electrons. The van der Waals surface area contributed by atoms with Crippen molar-refractivity contribution in [3.8, 4) is 0 Å². The number of aliphatic hydroxyl groups is 1. The maximum absolute atomic E-state index is 11.9. The molecule has 0 saturated heterocycles. The van der Waals surface area contributed by atoms with Gasteiger partial charge in [-0.1, -0.05) is 30.3 Å². The van der Waals surface area contributed by atoms with E-state index in [1.807, 2.05) is 0 Å². The summed E-state index contributed by atoms with van der Waals surface area (Å²) in [4.78, 5) is 20.2. The first kappa shape index (κ1) is 17.1. The van der Waals surface area contributed by atoms with Crippen LogP contribution in [0.25, 0.3) is 0 Å². The first-order chi connectivity index (χ1) is 8.64. The fourth-order valence-electron chi connectivity index (χ4n) is 1.03. The minimum atomic E-state index is -4.75. The van der Waals surface area contributed by atoms with E-state index in [0.29, 0.717) is 0 Å². The lowest BCUT2D eigenvalue weighted by Gasteiger charge is -2.13. The smallest absolute Gasteiger partial charge is 0.414 e. The highest BCUT2D eigenvalue weighted by molar-refractivity contribution is 5.96. The van der Waals surface area contributed by atoms with Crippen molar-refractivity contribution >= 4 is 11.8 Å². The van der Waals surface area contributed by atoms with E-state index in [1.54, 1.807) is 18.2 Å². The van der Waals surface area contributed by atoms with Crippen LogP contribution in [-0.2, 0) is 4.79 Å². The number of carboxylic acid groups (broad SMARTS) is 1. The van der Waals surface area contributed by atoms with Gasteiger partial charge in [0.1, 0.15) is 0 Å². The number of alkyl halides is 3. The van der Waals surface area contributed by atoms with Crippen LogP contribution in [0.5, 0.6) is 0 Å². The van der Waals surface area contributed by atoms with Gasteiger partial charge in [-0.05, 0) is 0 Å². The first-order valence-electron chi connectivity index (χ1n) is 5.17. The van der Waals surface area contributed by atoms with E-state index < -0.39 is 30.5 Å². The highest BCUT2D eigenvalue weighted by Crippen LogP contribution is 2.23. The Morgan fingerprint density at radius 1 is 1.21 bits per heavy atom. The second-order valence-electron chi connectivity index (χ2n) is 3.57. The van der Waals surface area contributed by atoms with E-state index in [1.165, 1.54) is 12.1 Å². The van der Waals surface area contributed by atoms with Crippen molar-refractivity contribution in [2.24, 2.45) is 0 Å². The van der Waals surface area contributed by atoms with Crippen LogP contribution in [0.1, 0.15) is 23.7 Å². The number of aliphatic carboxylic acids is 1. The molecule has 0 bridgehead atoms. The fraction of sp³-hybridized carbons (Fsp3) is 0.333. The lowest BCUT2D eigenvalue weighted by molar-refractivity contribution is -0.202. The second kappa shape index (κ2) is 7.52. The minimum absolute atomic E-state index is 0.167. The molecular formula is C12H13F3O4. The zero-order valence-corrected chi connectivity index (χ0v) is 10.0. The highest BCUT2D eigenvalue weighted by Gasteiger charge is 2.39. The Labute approximate surface area is 107 Å². The zero-order chi connectivity index (χ0) is 15.1. The summed E-state index contributed by atoms with van der Waals surface area (Å²) >= 11 is 0. The van der Waals surface area contributed by atoms with E-state index >= 15 is 0 Å². The molecule has 0 aliphatic carbocycles. The summed E-state index contributed by atoms with van der Waals surface area (Å²) in [5.41, 5.74) is 0.167. The molecule has 0 aliphatic heterocycles. The number of Topliss-reactive ketones (excluding diaryl/α,β-unsaturated/α-hetero) is 1. The highest BCUT2D eigenvalue weighted by atomic mass is 19.4. The average Bonchev–Trinajstić information content (AvgIpc) is 2.28. The third kappa shape index (κ3) is 7.93. The number of halogens is 3. The summed E-state index contributed by atoms with van der Waals surface area (Å²) in [7, 11) is 0. The van der Waals surface area contributed by atoms with Crippen LogP contribution in [0.2, 0.25) is 0 Å². The normalized spacial score (nSPS) is 12.1. The predicted molar refractivity (Wildman–Crippen MR) is 60.8 cm³/mol. The Balaban J connectivity index is 0.000000711. The number of carbonyl (C=O) groups is 2. The molecule has 0 saturated carbocycles. The summed E-state index contributed by atoms with van der Waals surface area (Å²) < 4.78 is 35.8. The van der Waals surface area contributed by atoms with Gasteiger partial charge in [0, 0.05) is 18.9 Å². The van der Waals surface area contributed by atoms with Crippen molar-refractivity contribution in [2.75, 3.05) is 0 Å². The van der Waals surface area contributed by atoms with Crippen molar-refractivity contribution in [3.63, 3.8) is 0 Å². The maximum atomic E-state index is 11.9. The molecule has 0 heterocycles. The number of benzene rings is 1. The van der Waals surface area contributed by atoms with Crippen molar-refractivity contribution < 1.29 is 33.0 Å². The van der Waals surface area contributed by atoms with Crippen molar-refractivity contribution in [2.45, 2.75) is 25.6 Å². The molecule has 4 nitrogen and oxygen atoms in total. The van der Waals surface area contributed by atoms with Crippen molar-refractivity contribution in [1.82, 2.24) is 0 Å². The third-order valence-corrected chi connectivity index (χ3v) is 1.85. The van der Waals surface area contributed by atoms with E-state index in [-0.39, 0.29) is 5.56 Å². The molecule has 7 heteroatoms. The molecule has 1 rings (SSSR count). The molecule has 19 heavy (non-hydrogen) atoms. The monoisotopic (exact) mass is 278 g/mol. The lowest BCUT2D eigenvalue weighted by atomic mass is 10.1. The van der Waals surface area contributed by atoms with Gasteiger partial charge in [-0.2, -0.15) is 13.2 Å². The quantitative estimate of drug-likeness (QED) is 0.832. The Morgan fingerprint density at radius 3 is 2.00 bits per heavy atom. The van der Waals surface area contributed by atoms with Gasteiger partial charge in [-0.25, -0.2) is 0 Å². The zero-order valence-electron chi connectivity index (χ0n) is 10.0. The number of ketones is 1. The fourth-order valence-corrected chi connectivity index (χ4v) is 1.03. The average molecular weight is 278 g/mol. The van der Waals surface area contributed by atoms with Crippen LogP contribution >= 0.6 is 0 Å². The van der Waals surface area contributed by atoms with Crippen molar-refractivity contribution in [3.05, 3.63) is 35.9 Å². The topological polar surface area (TPSA) is 74.6 Å². The molecule has 1 unspecified atom stereocenters. The molecule has 0 amide bonds. The summed E-state index contributed by atoms with van der Waals surface area (Å²) in [5.74, 6) is -1.56. The van der Waals surface area contributed by atoms with Gasteiger partial charge in [0.05, 0.1) is 0 Å². The molecule has 1 aromatic rings. The Kier molecular flexibility index (Phi) is 6.78. The molecule has 0 spiro atoms.